The van der Waals surface area contributed by atoms with Crippen molar-refractivity contribution in [3.8, 4) is 0 Å². The van der Waals surface area contributed by atoms with Gasteiger partial charge in [0, 0.05) is 26.7 Å². The van der Waals surface area contributed by atoms with Gasteiger partial charge in [0.15, 0.2) is 0 Å². The summed E-state index contributed by atoms with van der Waals surface area (Å²) < 4.78 is 0. The van der Waals surface area contributed by atoms with Gasteiger partial charge in [0.2, 0.25) is 0 Å². The first-order valence-electron chi connectivity index (χ1n) is 4.86. The van der Waals surface area contributed by atoms with Crippen molar-refractivity contribution in [1.82, 2.24) is 9.80 Å². The Morgan fingerprint density at radius 3 is 2.62 bits per heavy atom. The molecule has 0 bridgehead atoms. The van der Waals surface area contributed by atoms with Crippen molar-refractivity contribution < 1.29 is 4.79 Å². The molecule has 1 heterocycles. The molecule has 1 rings (SSSR count). The van der Waals surface area contributed by atoms with Gasteiger partial charge in [-0.2, -0.15) is 0 Å². The third kappa shape index (κ3) is 2.76. The topological polar surface area (TPSA) is 23.6 Å². The van der Waals surface area contributed by atoms with Crippen molar-refractivity contribution in [3.63, 3.8) is 0 Å². The number of likely N-dealkylation sites (N-methyl/N-ethyl adjacent to an activating group) is 1. The van der Waals surface area contributed by atoms with E-state index in [0.717, 1.165) is 25.9 Å². The van der Waals surface area contributed by atoms with E-state index in [9.17, 15) is 4.79 Å². The average molecular weight is 182 g/mol. The molecule has 0 atom stereocenters. The molecule has 0 saturated carbocycles. The van der Waals surface area contributed by atoms with Crippen LogP contribution in [-0.4, -0.2) is 42.5 Å². The van der Waals surface area contributed by atoms with E-state index in [4.69, 9.17) is 0 Å². The summed E-state index contributed by atoms with van der Waals surface area (Å²) in [6.45, 7) is 6.08. The number of hydrogen-bond acceptors (Lipinski definition) is 1. The van der Waals surface area contributed by atoms with Gasteiger partial charge in [-0.05, 0) is 19.3 Å². The molecule has 0 unspecified atom stereocenters. The molecule has 0 aromatic carbocycles. The normalized spacial score (nSPS) is 16.8. The standard InChI is InChI=1S/C10H18N2O/c1-3-7-11(2)10(13)12-8-5-4-6-9-12/h3H,1,4-9H2,2H3. The summed E-state index contributed by atoms with van der Waals surface area (Å²) in [5, 5.41) is 0. The quantitative estimate of drug-likeness (QED) is 0.596. The van der Waals surface area contributed by atoms with Crippen LogP contribution in [0.3, 0.4) is 0 Å². The van der Waals surface area contributed by atoms with Crippen LogP contribution < -0.4 is 0 Å². The molecule has 0 N–H and O–H groups in total. The second-order valence-corrected chi connectivity index (χ2v) is 3.50. The monoisotopic (exact) mass is 182 g/mol. The van der Waals surface area contributed by atoms with Crippen LogP contribution in [0.2, 0.25) is 0 Å². The number of rotatable bonds is 2. The lowest BCUT2D eigenvalue weighted by atomic mass is 10.1. The predicted molar refractivity (Wildman–Crippen MR) is 53.6 cm³/mol. The molecular weight excluding hydrogens is 164 g/mol. The third-order valence-corrected chi connectivity index (χ3v) is 2.36. The number of nitrogens with zero attached hydrogens (tertiary/aromatic N) is 2. The maximum Gasteiger partial charge on any atom is 0.320 e. The molecule has 1 aliphatic rings. The fraction of sp³-hybridized carbons (Fsp3) is 0.700. The molecule has 0 spiro atoms. The lowest BCUT2D eigenvalue weighted by Gasteiger charge is -2.30. The lowest BCUT2D eigenvalue weighted by Crippen LogP contribution is -2.43. The Balaban J connectivity index is 2.40. The maximum absolute atomic E-state index is 11.7. The van der Waals surface area contributed by atoms with Crippen LogP contribution in [0, 0.1) is 0 Å². The minimum Gasteiger partial charge on any atom is -0.325 e. The Kier molecular flexibility index (Phi) is 3.80. The van der Waals surface area contributed by atoms with E-state index in [-0.39, 0.29) is 6.03 Å². The number of carbonyl (C=O) groups excluding carboxylic acids is 1. The second kappa shape index (κ2) is 4.90. The van der Waals surface area contributed by atoms with Crippen LogP contribution in [0.1, 0.15) is 19.3 Å². The van der Waals surface area contributed by atoms with E-state index in [1.165, 1.54) is 6.42 Å². The highest BCUT2D eigenvalue weighted by Crippen LogP contribution is 2.10. The van der Waals surface area contributed by atoms with Crippen LogP contribution in [0.25, 0.3) is 0 Å². The first-order chi connectivity index (χ1) is 6.25. The van der Waals surface area contributed by atoms with E-state index in [2.05, 4.69) is 6.58 Å². The number of amides is 2. The lowest BCUT2D eigenvalue weighted by molar-refractivity contribution is 0.156. The Labute approximate surface area is 80.0 Å². The summed E-state index contributed by atoms with van der Waals surface area (Å²) in [5.41, 5.74) is 0. The van der Waals surface area contributed by atoms with E-state index in [1.54, 1.807) is 11.0 Å². The first-order valence-corrected chi connectivity index (χ1v) is 4.86. The molecule has 0 aromatic rings. The minimum absolute atomic E-state index is 0.139. The van der Waals surface area contributed by atoms with Crippen LogP contribution in [0.4, 0.5) is 4.79 Å². The summed E-state index contributed by atoms with van der Waals surface area (Å²) in [7, 11) is 1.82. The van der Waals surface area contributed by atoms with E-state index in [1.807, 2.05) is 11.9 Å². The maximum atomic E-state index is 11.7. The zero-order chi connectivity index (χ0) is 9.68. The summed E-state index contributed by atoms with van der Waals surface area (Å²) >= 11 is 0. The predicted octanol–water partition coefficient (Wildman–Crippen LogP) is 1.71. The Hall–Kier alpha value is -0.990. The van der Waals surface area contributed by atoms with E-state index in [0.29, 0.717) is 6.54 Å². The van der Waals surface area contributed by atoms with Crippen LogP contribution in [-0.2, 0) is 0 Å². The summed E-state index contributed by atoms with van der Waals surface area (Å²) in [4.78, 5) is 15.3. The molecule has 1 aliphatic heterocycles. The van der Waals surface area contributed by atoms with Gasteiger partial charge in [0.1, 0.15) is 0 Å². The molecule has 74 valence electrons. The molecule has 0 aliphatic carbocycles. The van der Waals surface area contributed by atoms with Gasteiger partial charge in [-0.25, -0.2) is 4.79 Å². The smallest absolute Gasteiger partial charge is 0.320 e. The first kappa shape index (κ1) is 10.1. The Morgan fingerprint density at radius 1 is 1.46 bits per heavy atom. The molecule has 2 amide bonds. The molecule has 13 heavy (non-hydrogen) atoms. The van der Waals surface area contributed by atoms with Gasteiger partial charge in [-0.3, -0.25) is 0 Å². The van der Waals surface area contributed by atoms with Crippen molar-refractivity contribution in [2.45, 2.75) is 19.3 Å². The van der Waals surface area contributed by atoms with Crippen molar-refractivity contribution >= 4 is 6.03 Å². The highest BCUT2D eigenvalue weighted by molar-refractivity contribution is 5.74. The Morgan fingerprint density at radius 2 is 2.08 bits per heavy atom. The summed E-state index contributed by atoms with van der Waals surface area (Å²) in [5.74, 6) is 0. The molecular formula is C10H18N2O. The number of likely N-dealkylation sites (tertiary alicyclic amines) is 1. The number of piperidine rings is 1. The fourth-order valence-corrected chi connectivity index (χ4v) is 1.60. The zero-order valence-electron chi connectivity index (χ0n) is 8.33. The van der Waals surface area contributed by atoms with Crippen LogP contribution >= 0.6 is 0 Å². The molecule has 3 nitrogen and oxygen atoms in total. The van der Waals surface area contributed by atoms with Gasteiger partial charge >= 0.3 is 6.03 Å². The Bertz CT molecular complexity index is 185. The molecule has 1 saturated heterocycles. The average Bonchev–Trinajstić information content (AvgIpc) is 2.18. The van der Waals surface area contributed by atoms with Crippen molar-refractivity contribution in [1.29, 1.82) is 0 Å². The number of urea groups is 1. The van der Waals surface area contributed by atoms with Crippen LogP contribution in [0.5, 0.6) is 0 Å². The zero-order valence-corrected chi connectivity index (χ0v) is 8.33. The van der Waals surface area contributed by atoms with Gasteiger partial charge in [-0.15, -0.1) is 6.58 Å². The number of hydrogen-bond donors (Lipinski definition) is 0. The van der Waals surface area contributed by atoms with E-state index < -0.39 is 0 Å². The van der Waals surface area contributed by atoms with Crippen LogP contribution in [0.15, 0.2) is 12.7 Å². The molecule has 0 radical (unpaired) electrons. The summed E-state index contributed by atoms with van der Waals surface area (Å²) in [6, 6.07) is 0.139. The third-order valence-electron chi connectivity index (χ3n) is 2.36. The highest BCUT2D eigenvalue weighted by Gasteiger charge is 2.18. The molecule has 0 aromatic heterocycles. The minimum atomic E-state index is 0.139. The fourth-order valence-electron chi connectivity index (χ4n) is 1.60. The largest absolute Gasteiger partial charge is 0.325 e. The van der Waals surface area contributed by atoms with Gasteiger partial charge in [0.25, 0.3) is 0 Å². The van der Waals surface area contributed by atoms with Gasteiger partial charge in [-0.1, -0.05) is 6.08 Å². The molecule has 1 fully saturated rings. The van der Waals surface area contributed by atoms with Crippen molar-refractivity contribution in [2.75, 3.05) is 26.7 Å². The highest BCUT2D eigenvalue weighted by atomic mass is 16.2. The second-order valence-electron chi connectivity index (χ2n) is 3.50. The summed E-state index contributed by atoms with van der Waals surface area (Å²) in [6.07, 6.45) is 5.30. The SMILES string of the molecule is C=CCN(C)C(=O)N1CCCCC1. The van der Waals surface area contributed by atoms with Crippen molar-refractivity contribution in [2.24, 2.45) is 0 Å². The van der Waals surface area contributed by atoms with E-state index >= 15 is 0 Å². The number of carbonyl (C=O) groups is 1. The van der Waals surface area contributed by atoms with Gasteiger partial charge < -0.3 is 9.80 Å². The van der Waals surface area contributed by atoms with Gasteiger partial charge in [0.05, 0.1) is 0 Å². The molecule has 3 heteroatoms. The van der Waals surface area contributed by atoms with Crippen molar-refractivity contribution in [3.05, 3.63) is 12.7 Å².